The lowest BCUT2D eigenvalue weighted by Crippen LogP contribution is -2.46. The van der Waals surface area contributed by atoms with Crippen LogP contribution in [0.15, 0.2) is 0 Å². The molecule has 0 saturated heterocycles. The van der Waals surface area contributed by atoms with Crippen LogP contribution in [0, 0.1) is 11.8 Å². The first-order valence-electron chi connectivity index (χ1n) is 4.94. The molecule has 3 nitrogen and oxygen atoms in total. The van der Waals surface area contributed by atoms with Gasteiger partial charge in [0.15, 0.2) is 0 Å². The minimum absolute atomic E-state index is 0.0494. The maximum Gasteiger partial charge on any atom is 0.315 e. The average Bonchev–Trinajstić information content (AvgIpc) is 2.58. The van der Waals surface area contributed by atoms with E-state index in [4.69, 9.17) is 0 Å². The van der Waals surface area contributed by atoms with Crippen LogP contribution < -0.4 is 10.6 Å². The molecule has 0 aliphatic heterocycles. The van der Waals surface area contributed by atoms with Crippen LogP contribution in [-0.2, 0) is 0 Å². The Balaban J connectivity index is 2.11. The largest absolute Gasteiger partial charge is 0.338 e. The van der Waals surface area contributed by atoms with Crippen molar-refractivity contribution in [2.24, 2.45) is 11.8 Å². The lowest BCUT2D eigenvalue weighted by Gasteiger charge is -2.20. The summed E-state index contributed by atoms with van der Waals surface area (Å²) < 4.78 is 0. The number of hydrogen-bond donors (Lipinski definition) is 2. The van der Waals surface area contributed by atoms with Crippen molar-refractivity contribution in [1.82, 2.24) is 10.6 Å². The van der Waals surface area contributed by atoms with Crippen LogP contribution in [0.1, 0.15) is 34.1 Å². The molecule has 3 heteroatoms. The third-order valence-corrected chi connectivity index (χ3v) is 2.29. The average molecular weight is 184 g/mol. The summed E-state index contributed by atoms with van der Waals surface area (Å²) in [6.07, 6.45) is 1.26. The number of carbonyl (C=O) groups excluding carboxylic acids is 1. The van der Waals surface area contributed by atoms with Gasteiger partial charge in [-0.15, -0.1) is 0 Å². The Morgan fingerprint density at radius 2 is 2.00 bits per heavy atom. The standard InChI is InChI=1S/C10H20N2O/c1-7-5-8(7)6-11-9(13)12-10(2,3)4/h7-8H,5-6H2,1-4H3,(H2,11,12,13). The fraction of sp³-hybridized carbons (Fsp3) is 0.900. The highest BCUT2D eigenvalue weighted by molar-refractivity contribution is 5.74. The first-order chi connectivity index (χ1) is 5.88. The smallest absolute Gasteiger partial charge is 0.315 e. The topological polar surface area (TPSA) is 41.1 Å². The number of amides is 2. The Morgan fingerprint density at radius 3 is 2.38 bits per heavy atom. The molecule has 2 unspecified atom stereocenters. The zero-order valence-corrected chi connectivity index (χ0v) is 8.98. The number of nitrogens with one attached hydrogen (secondary N) is 2. The zero-order chi connectivity index (χ0) is 10.1. The molecule has 0 spiro atoms. The molecular formula is C10H20N2O. The van der Waals surface area contributed by atoms with Gasteiger partial charge in [-0.2, -0.15) is 0 Å². The molecule has 2 N–H and O–H groups in total. The quantitative estimate of drug-likeness (QED) is 0.674. The van der Waals surface area contributed by atoms with Crippen molar-refractivity contribution in [1.29, 1.82) is 0 Å². The molecule has 76 valence electrons. The van der Waals surface area contributed by atoms with E-state index in [-0.39, 0.29) is 11.6 Å². The molecule has 0 aromatic rings. The number of carbonyl (C=O) groups is 1. The number of rotatable bonds is 2. The second kappa shape index (κ2) is 3.56. The van der Waals surface area contributed by atoms with Gasteiger partial charge in [0.2, 0.25) is 0 Å². The maximum absolute atomic E-state index is 11.3. The lowest BCUT2D eigenvalue weighted by molar-refractivity contribution is 0.231. The van der Waals surface area contributed by atoms with Gasteiger partial charge >= 0.3 is 6.03 Å². The molecule has 0 heterocycles. The monoisotopic (exact) mass is 184 g/mol. The minimum Gasteiger partial charge on any atom is -0.338 e. The molecule has 0 aromatic heterocycles. The Bertz CT molecular complexity index is 196. The molecule has 1 saturated carbocycles. The third-order valence-electron chi connectivity index (χ3n) is 2.29. The van der Waals surface area contributed by atoms with Crippen LogP contribution in [0.3, 0.4) is 0 Å². The summed E-state index contributed by atoms with van der Waals surface area (Å²) in [5, 5.41) is 5.75. The van der Waals surface area contributed by atoms with Crippen LogP contribution in [-0.4, -0.2) is 18.1 Å². The van der Waals surface area contributed by atoms with Gasteiger partial charge in [0, 0.05) is 12.1 Å². The summed E-state index contributed by atoms with van der Waals surface area (Å²) >= 11 is 0. The van der Waals surface area contributed by atoms with Gasteiger partial charge in [0.05, 0.1) is 0 Å². The van der Waals surface area contributed by atoms with Gasteiger partial charge in [0.1, 0.15) is 0 Å². The van der Waals surface area contributed by atoms with E-state index in [1.807, 2.05) is 20.8 Å². The summed E-state index contributed by atoms with van der Waals surface area (Å²) in [5.74, 6) is 1.51. The van der Waals surface area contributed by atoms with Crippen LogP contribution in [0.2, 0.25) is 0 Å². The second-order valence-electron chi connectivity index (χ2n) is 5.06. The first kappa shape index (κ1) is 10.4. The van der Waals surface area contributed by atoms with E-state index in [1.54, 1.807) is 0 Å². The predicted octanol–water partition coefficient (Wildman–Crippen LogP) is 1.74. The molecule has 2 amide bonds. The molecule has 1 fully saturated rings. The summed E-state index contributed by atoms with van der Waals surface area (Å²) in [5.41, 5.74) is -0.140. The number of urea groups is 1. The zero-order valence-electron chi connectivity index (χ0n) is 8.98. The Kier molecular flexibility index (Phi) is 2.84. The van der Waals surface area contributed by atoms with E-state index in [0.29, 0.717) is 5.92 Å². The van der Waals surface area contributed by atoms with Gasteiger partial charge in [-0.05, 0) is 39.0 Å². The van der Waals surface area contributed by atoms with Crippen LogP contribution in [0.4, 0.5) is 4.79 Å². The van der Waals surface area contributed by atoms with Gasteiger partial charge < -0.3 is 10.6 Å². The van der Waals surface area contributed by atoms with Gasteiger partial charge in [0.25, 0.3) is 0 Å². The molecule has 0 radical (unpaired) electrons. The molecule has 2 atom stereocenters. The molecule has 13 heavy (non-hydrogen) atoms. The Hall–Kier alpha value is -0.730. The fourth-order valence-electron chi connectivity index (χ4n) is 1.29. The molecule has 0 aromatic carbocycles. The van der Waals surface area contributed by atoms with E-state index in [2.05, 4.69) is 17.6 Å². The summed E-state index contributed by atoms with van der Waals surface area (Å²) in [4.78, 5) is 11.3. The van der Waals surface area contributed by atoms with Crippen molar-refractivity contribution in [3.05, 3.63) is 0 Å². The SMILES string of the molecule is CC1CC1CNC(=O)NC(C)(C)C. The van der Waals surface area contributed by atoms with E-state index >= 15 is 0 Å². The minimum atomic E-state index is -0.140. The molecular weight excluding hydrogens is 164 g/mol. The number of hydrogen-bond acceptors (Lipinski definition) is 1. The van der Waals surface area contributed by atoms with E-state index in [0.717, 1.165) is 12.5 Å². The fourth-order valence-corrected chi connectivity index (χ4v) is 1.29. The second-order valence-corrected chi connectivity index (χ2v) is 5.06. The highest BCUT2D eigenvalue weighted by Crippen LogP contribution is 2.36. The van der Waals surface area contributed by atoms with Crippen molar-refractivity contribution in [3.8, 4) is 0 Å². The summed E-state index contributed by atoms with van der Waals surface area (Å²) in [6, 6.07) is -0.0494. The van der Waals surface area contributed by atoms with Gasteiger partial charge in [-0.1, -0.05) is 6.92 Å². The summed E-state index contributed by atoms with van der Waals surface area (Å²) in [6.45, 7) is 8.97. The first-order valence-corrected chi connectivity index (χ1v) is 4.94. The molecule has 1 rings (SSSR count). The van der Waals surface area contributed by atoms with Crippen molar-refractivity contribution in [2.75, 3.05) is 6.54 Å². The highest BCUT2D eigenvalue weighted by atomic mass is 16.2. The Labute approximate surface area is 80.3 Å². The Morgan fingerprint density at radius 1 is 1.46 bits per heavy atom. The van der Waals surface area contributed by atoms with E-state index in [1.165, 1.54) is 6.42 Å². The van der Waals surface area contributed by atoms with Crippen LogP contribution >= 0.6 is 0 Å². The van der Waals surface area contributed by atoms with E-state index < -0.39 is 0 Å². The van der Waals surface area contributed by atoms with Crippen LogP contribution in [0.5, 0.6) is 0 Å². The van der Waals surface area contributed by atoms with Gasteiger partial charge in [-0.25, -0.2) is 4.79 Å². The molecule has 0 bridgehead atoms. The maximum atomic E-state index is 11.3. The van der Waals surface area contributed by atoms with Crippen molar-refractivity contribution < 1.29 is 4.79 Å². The van der Waals surface area contributed by atoms with Crippen molar-refractivity contribution in [2.45, 2.75) is 39.7 Å². The van der Waals surface area contributed by atoms with Crippen LogP contribution in [0.25, 0.3) is 0 Å². The van der Waals surface area contributed by atoms with Crippen molar-refractivity contribution >= 4 is 6.03 Å². The van der Waals surface area contributed by atoms with Gasteiger partial charge in [-0.3, -0.25) is 0 Å². The normalized spacial score (nSPS) is 26.8. The molecule has 1 aliphatic rings. The van der Waals surface area contributed by atoms with Crippen molar-refractivity contribution in [3.63, 3.8) is 0 Å². The third kappa shape index (κ3) is 4.15. The highest BCUT2D eigenvalue weighted by Gasteiger charge is 2.32. The molecule has 1 aliphatic carbocycles. The van der Waals surface area contributed by atoms with E-state index in [9.17, 15) is 4.79 Å². The predicted molar refractivity (Wildman–Crippen MR) is 53.6 cm³/mol. The summed E-state index contributed by atoms with van der Waals surface area (Å²) in [7, 11) is 0. The lowest BCUT2D eigenvalue weighted by atomic mass is 10.1.